The molecular weight excluding hydrogens is 379 g/mol. The van der Waals surface area contributed by atoms with E-state index in [0.717, 1.165) is 37.8 Å². The van der Waals surface area contributed by atoms with E-state index in [1.165, 1.54) is 18.2 Å². The van der Waals surface area contributed by atoms with Crippen LogP contribution in [0.1, 0.15) is 45.1 Å². The summed E-state index contributed by atoms with van der Waals surface area (Å²) >= 11 is 5.90. The van der Waals surface area contributed by atoms with Crippen LogP contribution in [0.4, 0.5) is 30.4 Å². The smallest absolute Gasteiger partial charge is 0.352 e. The van der Waals surface area contributed by atoms with Gasteiger partial charge in [-0.1, -0.05) is 38.3 Å². The zero-order chi connectivity index (χ0) is 19.9. The molecule has 0 unspecified atom stereocenters. The Balaban J connectivity index is 2.22. The predicted molar refractivity (Wildman–Crippen MR) is 99.9 cm³/mol. The average Bonchev–Trinajstić information content (AvgIpc) is 2.61. The van der Waals surface area contributed by atoms with Crippen molar-refractivity contribution in [1.82, 2.24) is 10.2 Å². The minimum Gasteiger partial charge on any atom is -0.352 e. The van der Waals surface area contributed by atoms with Crippen LogP contribution in [0.3, 0.4) is 0 Å². The first-order chi connectivity index (χ1) is 12.8. The summed E-state index contributed by atoms with van der Waals surface area (Å²) in [6, 6.07) is 6.26. The number of hydrogen-bond acceptors (Lipinski definition) is 5. The van der Waals surface area contributed by atoms with Gasteiger partial charge in [0.2, 0.25) is 5.82 Å². The molecular formula is C18H21ClF3N5. The van der Waals surface area contributed by atoms with Crippen molar-refractivity contribution in [2.24, 2.45) is 10.2 Å². The Morgan fingerprint density at radius 2 is 1.70 bits per heavy atom. The van der Waals surface area contributed by atoms with Crippen LogP contribution in [-0.4, -0.2) is 16.2 Å². The quantitative estimate of drug-likeness (QED) is 0.488. The molecule has 0 spiro atoms. The Kier molecular flexibility index (Phi) is 7.53. The lowest BCUT2D eigenvalue weighted by molar-refractivity contribution is -0.137. The van der Waals surface area contributed by atoms with Crippen LogP contribution in [0.15, 0.2) is 40.6 Å². The molecule has 0 aliphatic heterocycles. The van der Waals surface area contributed by atoms with Gasteiger partial charge in [0.25, 0.3) is 0 Å². The normalized spacial score (nSPS) is 12.1. The van der Waals surface area contributed by atoms with E-state index >= 15 is 0 Å². The fraction of sp³-hybridized carbons (Fsp3) is 0.444. The van der Waals surface area contributed by atoms with Gasteiger partial charge in [-0.25, -0.2) is 0 Å². The third kappa shape index (κ3) is 6.46. The number of halogens is 4. The van der Waals surface area contributed by atoms with Crippen molar-refractivity contribution < 1.29 is 13.2 Å². The molecule has 0 aliphatic carbocycles. The summed E-state index contributed by atoms with van der Waals surface area (Å²) < 4.78 is 38.0. The Bertz CT molecular complexity index is 757. The first kappa shape index (κ1) is 21.1. The second kappa shape index (κ2) is 9.64. The summed E-state index contributed by atoms with van der Waals surface area (Å²) in [5.41, 5.74) is 0.147. The molecule has 2 aromatic rings. The van der Waals surface area contributed by atoms with Gasteiger partial charge in [-0.2, -0.15) is 18.3 Å². The minimum absolute atomic E-state index is 0.0939. The van der Waals surface area contributed by atoms with Gasteiger partial charge in [0.05, 0.1) is 17.3 Å². The van der Waals surface area contributed by atoms with Gasteiger partial charge in [0.15, 0.2) is 5.15 Å². The highest BCUT2D eigenvalue weighted by atomic mass is 35.5. The number of nitrogens with one attached hydrogen (secondary N) is 1. The molecule has 1 aromatic carbocycles. The molecule has 0 amide bonds. The van der Waals surface area contributed by atoms with E-state index in [0.29, 0.717) is 11.4 Å². The zero-order valence-corrected chi connectivity index (χ0v) is 15.8. The highest BCUT2D eigenvalue weighted by molar-refractivity contribution is 6.29. The van der Waals surface area contributed by atoms with E-state index in [4.69, 9.17) is 11.6 Å². The van der Waals surface area contributed by atoms with Gasteiger partial charge in [-0.3, -0.25) is 0 Å². The maximum atomic E-state index is 12.7. The fourth-order valence-electron chi connectivity index (χ4n) is 2.49. The third-order valence-corrected chi connectivity index (χ3v) is 3.98. The van der Waals surface area contributed by atoms with Crippen molar-refractivity contribution in [2.45, 2.75) is 51.7 Å². The molecule has 5 nitrogen and oxygen atoms in total. The van der Waals surface area contributed by atoms with Gasteiger partial charge < -0.3 is 5.32 Å². The number of azo groups is 1. The summed E-state index contributed by atoms with van der Waals surface area (Å²) in [6.45, 7) is 4.16. The third-order valence-electron chi connectivity index (χ3n) is 3.80. The molecule has 1 heterocycles. The molecule has 1 N–H and O–H groups in total. The topological polar surface area (TPSA) is 62.5 Å². The van der Waals surface area contributed by atoms with Crippen LogP contribution in [0.25, 0.3) is 0 Å². The highest BCUT2D eigenvalue weighted by Crippen LogP contribution is 2.32. The lowest BCUT2D eigenvalue weighted by atomic mass is 10.1. The van der Waals surface area contributed by atoms with Gasteiger partial charge in [-0.05, 0) is 37.1 Å². The summed E-state index contributed by atoms with van der Waals surface area (Å²) in [7, 11) is 0. The van der Waals surface area contributed by atoms with Crippen LogP contribution < -0.4 is 5.32 Å². The number of rotatable bonds is 8. The lowest BCUT2D eigenvalue weighted by Crippen LogP contribution is -2.04. The second-order valence-corrected chi connectivity index (χ2v) is 6.44. The van der Waals surface area contributed by atoms with Crippen LogP contribution >= 0.6 is 11.6 Å². The molecule has 2 rings (SSSR count). The SMILES string of the molecule is CCCC(CCC)N=Nc1nnc(Cl)cc1Nc1ccc(C(F)(F)F)cc1. The average molecular weight is 400 g/mol. The summed E-state index contributed by atoms with van der Waals surface area (Å²) in [5.74, 6) is 0.233. The molecule has 0 saturated carbocycles. The number of hydrogen-bond donors (Lipinski definition) is 1. The molecule has 0 atom stereocenters. The van der Waals surface area contributed by atoms with Crippen LogP contribution in [-0.2, 0) is 6.18 Å². The largest absolute Gasteiger partial charge is 0.416 e. The van der Waals surface area contributed by atoms with Gasteiger partial charge in [0.1, 0.15) is 0 Å². The minimum atomic E-state index is -4.38. The van der Waals surface area contributed by atoms with Crippen molar-refractivity contribution in [3.63, 3.8) is 0 Å². The molecule has 146 valence electrons. The van der Waals surface area contributed by atoms with Crippen LogP contribution in [0, 0.1) is 0 Å². The molecule has 0 radical (unpaired) electrons. The summed E-state index contributed by atoms with van der Waals surface area (Å²) in [5, 5.41) is 19.4. The van der Waals surface area contributed by atoms with E-state index in [2.05, 4.69) is 39.6 Å². The molecule has 0 fully saturated rings. The monoisotopic (exact) mass is 399 g/mol. The Morgan fingerprint density at radius 1 is 1.07 bits per heavy atom. The Hall–Kier alpha value is -2.22. The number of benzene rings is 1. The summed E-state index contributed by atoms with van der Waals surface area (Å²) in [6.07, 6.45) is -0.563. The Labute approximate surface area is 161 Å². The first-order valence-electron chi connectivity index (χ1n) is 8.71. The number of alkyl halides is 3. The van der Waals surface area contributed by atoms with E-state index in [1.807, 2.05) is 0 Å². The van der Waals surface area contributed by atoms with Crippen molar-refractivity contribution >= 4 is 28.8 Å². The number of anilines is 2. The van der Waals surface area contributed by atoms with E-state index in [1.54, 1.807) is 0 Å². The molecule has 1 aromatic heterocycles. The molecule has 0 aliphatic rings. The molecule has 27 heavy (non-hydrogen) atoms. The second-order valence-electron chi connectivity index (χ2n) is 6.05. The van der Waals surface area contributed by atoms with E-state index < -0.39 is 11.7 Å². The Morgan fingerprint density at radius 3 is 2.26 bits per heavy atom. The van der Waals surface area contributed by atoms with E-state index in [-0.39, 0.29) is 17.0 Å². The first-order valence-corrected chi connectivity index (χ1v) is 9.09. The molecule has 0 saturated heterocycles. The fourth-order valence-corrected chi connectivity index (χ4v) is 2.63. The number of aromatic nitrogens is 2. The maximum Gasteiger partial charge on any atom is 0.416 e. The maximum absolute atomic E-state index is 12.7. The number of nitrogens with zero attached hydrogens (tertiary/aromatic N) is 4. The van der Waals surface area contributed by atoms with E-state index in [9.17, 15) is 13.2 Å². The van der Waals surface area contributed by atoms with Crippen molar-refractivity contribution in [3.8, 4) is 0 Å². The zero-order valence-electron chi connectivity index (χ0n) is 15.1. The van der Waals surface area contributed by atoms with Crippen LogP contribution in [0.5, 0.6) is 0 Å². The van der Waals surface area contributed by atoms with Crippen molar-refractivity contribution in [1.29, 1.82) is 0 Å². The predicted octanol–water partition coefficient (Wildman–Crippen LogP) is 6.94. The van der Waals surface area contributed by atoms with Gasteiger partial charge in [0, 0.05) is 11.8 Å². The van der Waals surface area contributed by atoms with Crippen molar-refractivity contribution in [3.05, 3.63) is 41.0 Å². The molecule has 0 bridgehead atoms. The van der Waals surface area contributed by atoms with Gasteiger partial charge >= 0.3 is 6.18 Å². The summed E-state index contributed by atoms with van der Waals surface area (Å²) in [4.78, 5) is 0. The highest BCUT2D eigenvalue weighted by Gasteiger charge is 2.29. The van der Waals surface area contributed by atoms with Gasteiger partial charge in [-0.15, -0.1) is 15.3 Å². The lowest BCUT2D eigenvalue weighted by Gasteiger charge is -2.11. The standard InChI is InChI=1S/C18H21ClF3N5/c1-3-5-14(6-4-2)24-26-17-15(11-16(19)25-27-17)23-13-9-7-12(8-10-13)18(20,21)22/h7-11,14H,3-6H2,1-2H3,(H,23,25). The van der Waals surface area contributed by atoms with Crippen molar-refractivity contribution in [2.75, 3.05) is 5.32 Å². The molecule has 9 heteroatoms. The van der Waals surface area contributed by atoms with Crippen LogP contribution in [0.2, 0.25) is 5.15 Å².